The predicted octanol–water partition coefficient (Wildman–Crippen LogP) is 2.86. The van der Waals surface area contributed by atoms with Crippen LogP contribution in [-0.2, 0) is 4.74 Å². The lowest BCUT2D eigenvalue weighted by molar-refractivity contribution is 0.181. The van der Waals surface area contributed by atoms with Gasteiger partial charge in [-0.25, -0.2) is 9.18 Å². The minimum absolute atomic E-state index is 0.00935. The first-order valence-electron chi connectivity index (χ1n) is 4.61. The van der Waals surface area contributed by atoms with Gasteiger partial charge in [-0.05, 0) is 18.2 Å². The van der Waals surface area contributed by atoms with Crippen molar-refractivity contribution in [2.45, 2.75) is 0 Å². The fourth-order valence-corrected chi connectivity index (χ4v) is 1.37. The standard InChI is InChI=1S/C10H8FN3O3/c1-17-10(16)14-13-8-6-4-5(11)2-3-7(6)12-9(8)15/h2-4,12,15H,1H3. The lowest BCUT2D eigenvalue weighted by Crippen LogP contribution is -1.89. The molecule has 2 N–H and O–H groups in total. The van der Waals surface area contributed by atoms with Gasteiger partial charge in [-0.15, -0.1) is 5.11 Å². The highest BCUT2D eigenvalue weighted by Gasteiger charge is 2.11. The van der Waals surface area contributed by atoms with Gasteiger partial charge >= 0.3 is 6.09 Å². The van der Waals surface area contributed by atoms with Crippen molar-refractivity contribution < 1.29 is 19.0 Å². The molecule has 0 radical (unpaired) electrons. The summed E-state index contributed by atoms with van der Waals surface area (Å²) < 4.78 is 17.3. The third-order valence-electron chi connectivity index (χ3n) is 2.12. The maximum atomic E-state index is 13.0. The molecule has 0 saturated heterocycles. The smallest absolute Gasteiger partial charge is 0.452 e. The molecular weight excluding hydrogens is 229 g/mol. The zero-order valence-corrected chi connectivity index (χ0v) is 8.77. The molecule has 2 aromatic rings. The van der Waals surface area contributed by atoms with Gasteiger partial charge in [0.25, 0.3) is 0 Å². The minimum atomic E-state index is -0.907. The molecule has 0 spiro atoms. The quantitative estimate of drug-likeness (QED) is 0.747. The Kier molecular flexibility index (Phi) is 2.73. The Bertz CT molecular complexity index is 606. The molecule has 0 aliphatic carbocycles. The number of methoxy groups -OCH3 is 1. The van der Waals surface area contributed by atoms with Crippen LogP contribution in [0.2, 0.25) is 0 Å². The Balaban J connectivity index is 2.52. The minimum Gasteiger partial charge on any atom is -0.493 e. The molecule has 0 atom stereocenters. The second-order valence-electron chi connectivity index (χ2n) is 3.18. The van der Waals surface area contributed by atoms with Gasteiger partial charge in [0, 0.05) is 5.39 Å². The van der Waals surface area contributed by atoms with Gasteiger partial charge in [0.1, 0.15) is 5.82 Å². The molecule has 1 aromatic carbocycles. The fraction of sp³-hybridized carbons (Fsp3) is 0.100. The fourth-order valence-electron chi connectivity index (χ4n) is 1.37. The molecule has 6 nitrogen and oxygen atoms in total. The Morgan fingerprint density at radius 1 is 1.53 bits per heavy atom. The van der Waals surface area contributed by atoms with Gasteiger partial charge in [0.05, 0.1) is 12.6 Å². The molecule has 1 amide bonds. The van der Waals surface area contributed by atoms with E-state index < -0.39 is 11.9 Å². The first-order valence-corrected chi connectivity index (χ1v) is 4.61. The third kappa shape index (κ3) is 2.07. The molecule has 0 aliphatic heterocycles. The average Bonchev–Trinajstić information content (AvgIpc) is 2.61. The molecule has 17 heavy (non-hydrogen) atoms. The van der Waals surface area contributed by atoms with Crippen LogP contribution >= 0.6 is 0 Å². The second kappa shape index (κ2) is 4.20. The van der Waals surface area contributed by atoms with E-state index in [9.17, 15) is 14.3 Å². The van der Waals surface area contributed by atoms with E-state index in [4.69, 9.17) is 0 Å². The van der Waals surface area contributed by atoms with E-state index in [0.29, 0.717) is 10.9 Å². The van der Waals surface area contributed by atoms with E-state index in [1.54, 1.807) is 0 Å². The molecule has 0 aliphatic rings. The molecule has 7 heteroatoms. The van der Waals surface area contributed by atoms with Crippen LogP contribution in [0.15, 0.2) is 28.4 Å². The summed E-state index contributed by atoms with van der Waals surface area (Å²) in [6.45, 7) is 0. The lowest BCUT2D eigenvalue weighted by atomic mass is 10.2. The number of hydrogen-bond acceptors (Lipinski definition) is 4. The number of rotatable bonds is 1. The summed E-state index contributed by atoms with van der Waals surface area (Å²) in [7, 11) is 1.15. The van der Waals surface area contributed by atoms with Gasteiger partial charge in [0.2, 0.25) is 5.88 Å². The molecule has 0 unspecified atom stereocenters. The van der Waals surface area contributed by atoms with Gasteiger partial charge in [-0.1, -0.05) is 5.11 Å². The second-order valence-corrected chi connectivity index (χ2v) is 3.18. The normalized spacial score (nSPS) is 11.2. The number of nitrogens with one attached hydrogen (secondary N) is 1. The van der Waals surface area contributed by atoms with Crippen LogP contribution in [0.25, 0.3) is 10.9 Å². The number of fused-ring (bicyclic) bond motifs is 1. The van der Waals surface area contributed by atoms with Crippen LogP contribution in [0.5, 0.6) is 5.88 Å². The van der Waals surface area contributed by atoms with E-state index >= 15 is 0 Å². The first-order chi connectivity index (χ1) is 8.11. The number of H-pyrrole nitrogens is 1. The number of azo groups is 1. The van der Waals surface area contributed by atoms with Gasteiger partial charge in [-0.3, -0.25) is 0 Å². The van der Waals surface area contributed by atoms with E-state index in [1.807, 2.05) is 0 Å². The summed E-state index contributed by atoms with van der Waals surface area (Å²) in [6, 6.07) is 3.86. The first kappa shape index (κ1) is 11.1. The van der Waals surface area contributed by atoms with Gasteiger partial charge < -0.3 is 14.8 Å². The van der Waals surface area contributed by atoms with Crippen LogP contribution in [-0.4, -0.2) is 23.3 Å². The lowest BCUT2D eigenvalue weighted by Gasteiger charge is -1.92. The maximum absolute atomic E-state index is 13.0. The predicted molar refractivity (Wildman–Crippen MR) is 56.8 cm³/mol. The molecule has 1 aromatic heterocycles. The van der Waals surface area contributed by atoms with Crippen LogP contribution < -0.4 is 0 Å². The van der Waals surface area contributed by atoms with Crippen molar-refractivity contribution in [1.29, 1.82) is 0 Å². The molecule has 88 valence electrons. The highest BCUT2D eigenvalue weighted by Crippen LogP contribution is 2.35. The highest BCUT2D eigenvalue weighted by molar-refractivity contribution is 5.94. The monoisotopic (exact) mass is 237 g/mol. The van der Waals surface area contributed by atoms with Crippen molar-refractivity contribution in [3.8, 4) is 5.88 Å². The van der Waals surface area contributed by atoms with E-state index in [-0.39, 0.29) is 11.6 Å². The van der Waals surface area contributed by atoms with Crippen LogP contribution in [0.4, 0.5) is 14.9 Å². The number of aromatic hydroxyl groups is 1. The van der Waals surface area contributed by atoms with E-state index in [0.717, 1.165) is 7.11 Å². The van der Waals surface area contributed by atoms with Crippen molar-refractivity contribution in [2.24, 2.45) is 10.2 Å². The van der Waals surface area contributed by atoms with Crippen molar-refractivity contribution >= 4 is 22.7 Å². The average molecular weight is 237 g/mol. The largest absolute Gasteiger partial charge is 0.493 e. The maximum Gasteiger partial charge on any atom is 0.452 e. The Labute approximate surface area is 94.7 Å². The van der Waals surface area contributed by atoms with Crippen molar-refractivity contribution in [2.75, 3.05) is 7.11 Å². The van der Waals surface area contributed by atoms with Gasteiger partial charge in [-0.2, -0.15) is 0 Å². The molecule has 0 saturated carbocycles. The summed E-state index contributed by atoms with van der Waals surface area (Å²) in [4.78, 5) is 13.4. The number of amides is 1. The molecule has 1 heterocycles. The molecular formula is C10H8FN3O3. The summed E-state index contributed by atoms with van der Waals surface area (Å²) in [6.07, 6.45) is -0.907. The number of hydrogen-bond donors (Lipinski definition) is 2. The number of carbonyl (C=O) groups excluding carboxylic acids is 1. The number of halogens is 1. The summed E-state index contributed by atoms with van der Waals surface area (Å²) in [5.41, 5.74) is 0.479. The van der Waals surface area contributed by atoms with Crippen molar-refractivity contribution in [1.82, 2.24) is 4.98 Å². The number of aromatic amines is 1. The number of ether oxygens (including phenoxy) is 1. The van der Waals surface area contributed by atoms with E-state index in [1.165, 1.54) is 18.2 Å². The number of aromatic nitrogens is 1. The summed E-state index contributed by atoms with van der Waals surface area (Å²) in [5, 5.41) is 16.6. The Hall–Kier alpha value is -2.44. The highest BCUT2D eigenvalue weighted by atomic mass is 19.1. The SMILES string of the molecule is COC(=O)N=Nc1c(O)[nH]c2ccc(F)cc12. The number of nitrogens with zero attached hydrogens (tertiary/aromatic N) is 2. The Morgan fingerprint density at radius 2 is 2.29 bits per heavy atom. The Morgan fingerprint density at radius 3 is 3.00 bits per heavy atom. The number of benzene rings is 1. The van der Waals surface area contributed by atoms with E-state index in [2.05, 4.69) is 19.9 Å². The number of carbonyl (C=O) groups is 1. The zero-order valence-electron chi connectivity index (χ0n) is 8.77. The molecule has 0 bridgehead atoms. The van der Waals surface area contributed by atoms with Gasteiger partial charge in [0.15, 0.2) is 5.69 Å². The van der Waals surface area contributed by atoms with Crippen LogP contribution in [0.3, 0.4) is 0 Å². The molecule has 0 fully saturated rings. The third-order valence-corrected chi connectivity index (χ3v) is 2.12. The van der Waals surface area contributed by atoms with Crippen molar-refractivity contribution in [3.63, 3.8) is 0 Å². The van der Waals surface area contributed by atoms with Crippen LogP contribution in [0.1, 0.15) is 0 Å². The topological polar surface area (TPSA) is 87.0 Å². The summed E-state index contributed by atoms with van der Waals surface area (Å²) >= 11 is 0. The molecule has 2 rings (SSSR count). The van der Waals surface area contributed by atoms with Crippen molar-refractivity contribution in [3.05, 3.63) is 24.0 Å². The zero-order chi connectivity index (χ0) is 12.4. The summed E-state index contributed by atoms with van der Waals surface area (Å²) in [5.74, 6) is -0.774. The van der Waals surface area contributed by atoms with Crippen LogP contribution in [0, 0.1) is 5.82 Å².